The Labute approximate surface area is 146 Å². The lowest BCUT2D eigenvalue weighted by Gasteiger charge is -2.11. The monoisotopic (exact) mass is 330 g/mol. The summed E-state index contributed by atoms with van der Waals surface area (Å²) in [6.07, 6.45) is 0. The van der Waals surface area contributed by atoms with Gasteiger partial charge in [0.2, 0.25) is 0 Å². The Bertz CT molecular complexity index is 887. The summed E-state index contributed by atoms with van der Waals surface area (Å²) in [5.41, 5.74) is 3.65. The molecule has 3 rings (SSSR count). The van der Waals surface area contributed by atoms with Crippen molar-refractivity contribution in [3.63, 3.8) is 0 Å². The first-order valence-corrected chi connectivity index (χ1v) is 7.97. The highest BCUT2D eigenvalue weighted by Gasteiger charge is 2.12. The van der Waals surface area contributed by atoms with E-state index >= 15 is 0 Å². The van der Waals surface area contributed by atoms with Gasteiger partial charge in [-0.2, -0.15) is 0 Å². The lowest BCUT2D eigenvalue weighted by Crippen LogP contribution is -2.18. The van der Waals surface area contributed by atoms with Gasteiger partial charge in [0.15, 0.2) is 0 Å². The van der Waals surface area contributed by atoms with Crippen molar-refractivity contribution in [3.8, 4) is 11.1 Å². The second-order valence-electron chi connectivity index (χ2n) is 5.52. The highest BCUT2D eigenvalue weighted by molar-refractivity contribution is 6.08. The number of nitrogens with one attached hydrogen (secondary N) is 2. The fourth-order valence-electron chi connectivity index (χ4n) is 2.60. The molecule has 0 aliphatic carbocycles. The molecule has 0 fully saturated rings. The second kappa shape index (κ2) is 7.45. The summed E-state index contributed by atoms with van der Waals surface area (Å²) in [4.78, 5) is 24.3. The van der Waals surface area contributed by atoms with Gasteiger partial charge in [-0.3, -0.25) is 9.59 Å². The highest BCUT2D eigenvalue weighted by atomic mass is 16.2. The van der Waals surface area contributed by atoms with Gasteiger partial charge in [-0.05, 0) is 41.5 Å². The lowest BCUT2D eigenvalue weighted by atomic mass is 9.99. The molecule has 2 N–H and O–H groups in total. The second-order valence-corrected chi connectivity index (χ2v) is 5.52. The number of carbonyl (C=O) groups is 2. The number of benzene rings is 3. The quantitative estimate of drug-likeness (QED) is 0.760. The number of rotatable bonds is 4. The molecule has 2 amide bonds. The van der Waals surface area contributed by atoms with E-state index < -0.39 is 0 Å². The third kappa shape index (κ3) is 3.75. The van der Waals surface area contributed by atoms with Crippen LogP contribution in [0.5, 0.6) is 0 Å². The third-order valence-corrected chi connectivity index (χ3v) is 3.89. The molecule has 0 saturated carbocycles. The van der Waals surface area contributed by atoms with Crippen LogP contribution in [0.2, 0.25) is 0 Å². The summed E-state index contributed by atoms with van der Waals surface area (Å²) in [5.74, 6) is -0.348. The van der Waals surface area contributed by atoms with Gasteiger partial charge < -0.3 is 10.6 Å². The Hall–Kier alpha value is -3.40. The van der Waals surface area contributed by atoms with Crippen LogP contribution in [0.1, 0.15) is 20.7 Å². The van der Waals surface area contributed by atoms with Crippen LogP contribution < -0.4 is 10.6 Å². The zero-order chi connectivity index (χ0) is 17.6. The van der Waals surface area contributed by atoms with Crippen LogP contribution in [0, 0.1) is 0 Å². The SMILES string of the molecule is CNC(=O)c1ccc(NC(=O)c2ccccc2-c2ccccc2)cc1. The van der Waals surface area contributed by atoms with Crippen LogP contribution in [-0.2, 0) is 0 Å². The maximum atomic E-state index is 12.7. The van der Waals surface area contributed by atoms with Crippen LogP contribution in [-0.4, -0.2) is 18.9 Å². The van der Waals surface area contributed by atoms with Gasteiger partial charge in [-0.15, -0.1) is 0 Å². The number of anilines is 1. The van der Waals surface area contributed by atoms with Crippen LogP contribution in [0.25, 0.3) is 11.1 Å². The molecule has 124 valence electrons. The minimum absolute atomic E-state index is 0.160. The van der Waals surface area contributed by atoms with Gasteiger partial charge >= 0.3 is 0 Å². The maximum Gasteiger partial charge on any atom is 0.256 e. The zero-order valence-corrected chi connectivity index (χ0v) is 13.8. The summed E-state index contributed by atoms with van der Waals surface area (Å²) in [6, 6.07) is 24.1. The van der Waals surface area contributed by atoms with E-state index in [-0.39, 0.29) is 11.8 Å². The average Bonchev–Trinajstić information content (AvgIpc) is 2.68. The molecule has 25 heavy (non-hydrogen) atoms. The minimum atomic E-state index is -0.188. The largest absolute Gasteiger partial charge is 0.355 e. The summed E-state index contributed by atoms with van der Waals surface area (Å²) >= 11 is 0. The molecule has 0 unspecified atom stereocenters. The molecule has 4 heteroatoms. The molecular formula is C21H18N2O2. The smallest absolute Gasteiger partial charge is 0.256 e. The Kier molecular flexibility index (Phi) is 4.90. The fourth-order valence-corrected chi connectivity index (χ4v) is 2.60. The molecule has 3 aromatic rings. The van der Waals surface area contributed by atoms with E-state index in [9.17, 15) is 9.59 Å². The van der Waals surface area contributed by atoms with Gasteiger partial charge in [0.25, 0.3) is 11.8 Å². The van der Waals surface area contributed by atoms with E-state index in [2.05, 4.69) is 10.6 Å². The van der Waals surface area contributed by atoms with E-state index in [1.165, 1.54) is 0 Å². The topological polar surface area (TPSA) is 58.2 Å². The third-order valence-electron chi connectivity index (χ3n) is 3.89. The van der Waals surface area contributed by atoms with E-state index in [1.54, 1.807) is 37.4 Å². The predicted octanol–water partition coefficient (Wildman–Crippen LogP) is 3.97. The molecule has 0 radical (unpaired) electrons. The molecule has 4 nitrogen and oxygen atoms in total. The normalized spacial score (nSPS) is 10.1. The Morgan fingerprint density at radius 2 is 1.36 bits per heavy atom. The van der Waals surface area contributed by atoms with Crippen LogP contribution in [0.4, 0.5) is 5.69 Å². The Balaban J connectivity index is 1.84. The molecule has 0 heterocycles. The fraction of sp³-hybridized carbons (Fsp3) is 0.0476. The molecule has 0 bridgehead atoms. The number of hydrogen-bond donors (Lipinski definition) is 2. The van der Waals surface area contributed by atoms with E-state index in [0.29, 0.717) is 16.8 Å². The molecule has 0 aromatic heterocycles. The molecule has 0 aliphatic heterocycles. The zero-order valence-electron chi connectivity index (χ0n) is 13.8. The maximum absolute atomic E-state index is 12.7. The van der Waals surface area contributed by atoms with E-state index in [4.69, 9.17) is 0 Å². The minimum Gasteiger partial charge on any atom is -0.355 e. The number of carbonyl (C=O) groups excluding carboxylic acids is 2. The molecule has 0 atom stereocenters. The van der Waals surface area contributed by atoms with Crippen molar-refractivity contribution in [2.45, 2.75) is 0 Å². The van der Waals surface area contributed by atoms with Gasteiger partial charge in [-0.25, -0.2) is 0 Å². The summed E-state index contributed by atoms with van der Waals surface area (Å²) in [6.45, 7) is 0. The Morgan fingerprint density at radius 3 is 2.04 bits per heavy atom. The molecule has 3 aromatic carbocycles. The Morgan fingerprint density at radius 1 is 0.720 bits per heavy atom. The standard InChI is InChI=1S/C21H18N2O2/c1-22-20(24)16-11-13-17(14-12-16)23-21(25)19-10-6-5-9-18(19)15-7-3-2-4-8-15/h2-14H,1H3,(H,22,24)(H,23,25). The van der Waals surface area contributed by atoms with Gasteiger partial charge in [0.1, 0.15) is 0 Å². The first-order chi connectivity index (χ1) is 12.2. The predicted molar refractivity (Wildman–Crippen MR) is 99.7 cm³/mol. The van der Waals surface area contributed by atoms with Crippen LogP contribution >= 0.6 is 0 Å². The van der Waals surface area contributed by atoms with Crippen molar-refractivity contribution in [2.24, 2.45) is 0 Å². The molecule has 0 saturated heterocycles. The van der Waals surface area contributed by atoms with Crippen molar-refractivity contribution in [3.05, 3.63) is 90.0 Å². The van der Waals surface area contributed by atoms with Crippen LogP contribution in [0.15, 0.2) is 78.9 Å². The summed E-state index contributed by atoms with van der Waals surface area (Å²) in [7, 11) is 1.58. The van der Waals surface area contributed by atoms with Crippen molar-refractivity contribution in [1.29, 1.82) is 0 Å². The van der Waals surface area contributed by atoms with Crippen LogP contribution in [0.3, 0.4) is 0 Å². The average molecular weight is 330 g/mol. The van der Waals surface area contributed by atoms with Gasteiger partial charge in [-0.1, -0.05) is 48.5 Å². The highest BCUT2D eigenvalue weighted by Crippen LogP contribution is 2.24. The van der Waals surface area contributed by atoms with Crippen molar-refractivity contribution in [2.75, 3.05) is 12.4 Å². The number of hydrogen-bond acceptors (Lipinski definition) is 2. The van der Waals surface area contributed by atoms with Crippen molar-refractivity contribution >= 4 is 17.5 Å². The van der Waals surface area contributed by atoms with Crippen molar-refractivity contribution < 1.29 is 9.59 Å². The first kappa shape index (κ1) is 16.5. The van der Waals surface area contributed by atoms with E-state index in [1.807, 2.05) is 48.5 Å². The number of amides is 2. The summed E-state index contributed by atoms with van der Waals surface area (Å²) < 4.78 is 0. The first-order valence-electron chi connectivity index (χ1n) is 7.97. The lowest BCUT2D eigenvalue weighted by molar-refractivity contribution is 0.0962. The van der Waals surface area contributed by atoms with Gasteiger partial charge in [0, 0.05) is 23.9 Å². The molecule has 0 aliphatic rings. The molecule has 0 spiro atoms. The van der Waals surface area contributed by atoms with E-state index in [0.717, 1.165) is 11.1 Å². The molecular weight excluding hydrogens is 312 g/mol. The summed E-state index contributed by atoms with van der Waals surface area (Å²) in [5, 5.41) is 5.45. The van der Waals surface area contributed by atoms with Gasteiger partial charge in [0.05, 0.1) is 0 Å². The van der Waals surface area contributed by atoms with Crippen molar-refractivity contribution in [1.82, 2.24) is 5.32 Å².